The Hall–Kier alpha value is -1.83. The van der Waals surface area contributed by atoms with Crippen LogP contribution in [0.5, 0.6) is 0 Å². The standard InChI is InChI=1S/C11H5BrF3NO3/c12-4-1-2-5(6(13)3-4)10-16-7(9(14)15)8(19-10)11(17)18/h1-3,9H,(H,17,18). The highest BCUT2D eigenvalue weighted by Gasteiger charge is 2.27. The second-order valence-electron chi connectivity index (χ2n) is 3.46. The summed E-state index contributed by atoms with van der Waals surface area (Å²) in [5.74, 6) is -3.95. The number of oxazole rings is 1. The van der Waals surface area contributed by atoms with Crippen LogP contribution in [-0.4, -0.2) is 16.1 Å². The predicted octanol–water partition coefficient (Wildman–Crippen LogP) is 3.88. The Morgan fingerprint density at radius 1 is 1.42 bits per heavy atom. The van der Waals surface area contributed by atoms with E-state index in [0.717, 1.165) is 6.07 Å². The molecule has 0 radical (unpaired) electrons. The first-order valence-electron chi connectivity index (χ1n) is 4.87. The van der Waals surface area contributed by atoms with Gasteiger partial charge in [0.15, 0.2) is 5.69 Å². The second kappa shape index (κ2) is 5.04. The van der Waals surface area contributed by atoms with Crippen LogP contribution in [0.4, 0.5) is 13.2 Å². The number of alkyl halides is 2. The third kappa shape index (κ3) is 2.62. The van der Waals surface area contributed by atoms with Crippen LogP contribution in [0.15, 0.2) is 27.1 Å². The molecule has 19 heavy (non-hydrogen) atoms. The average Bonchev–Trinajstić information content (AvgIpc) is 2.73. The van der Waals surface area contributed by atoms with E-state index in [1.165, 1.54) is 12.1 Å². The van der Waals surface area contributed by atoms with Gasteiger partial charge in [0.25, 0.3) is 6.43 Å². The molecule has 0 amide bonds. The Morgan fingerprint density at radius 2 is 2.11 bits per heavy atom. The fourth-order valence-electron chi connectivity index (χ4n) is 1.41. The molecule has 0 aliphatic heterocycles. The molecule has 0 aliphatic rings. The highest BCUT2D eigenvalue weighted by Crippen LogP contribution is 2.30. The van der Waals surface area contributed by atoms with Crippen molar-refractivity contribution in [1.29, 1.82) is 0 Å². The SMILES string of the molecule is O=C(O)c1oc(-c2ccc(Br)cc2F)nc1C(F)F. The molecule has 1 aromatic heterocycles. The number of halogens is 4. The van der Waals surface area contributed by atoms with Gasteiger partial charge in [0, 0.05) is 4.47 Å². The first-order chi connectivity index (χ1) is 8.90. The van der Waals surface area contributed by atoms with Crippen molar-refractivity contribution in [3.63, 3.8) is 0 Å². The Kier molecular flexibility index (Phi) is 3.61. The van der Waals surface area contributed by atoms with Crippen molar-refractivity contribution in [1.82, 2.24) is 4.98 Å². The molecule has 0 aliphatic carbocycles. The molecule has 2 rings (SSSR count). The summed E-state index contributed by atoms with van der Waals surface area (Å²) in [7, 11) is 0. The normalized spacial score (nSPS) is 11.0. The van der Waals surface area contributed by atoms with Gasteiger partial charge in [-0.3, -0.25) is 0 Å². The van der Waals surface area contributed by atoms with Crippen molar-refractivity contribution >= 4 is 21.9 Å². The zero-order valence-electron chi connectivity index (χ0n) is 9.03. The van der Waals surface area contributed by atoms with E-state index < -0.39 is 35.6 Å². The number of hydrogen-bond donors (Lipinski definition) is 1. The van der Waals surface area contributed by atoms with Gasteiger partial charge < -0.3 is 9.52 Å². The summed E-state index contributed by atoms with van der Waals surface area (Å²) in [6, 6.07) is 3.78. The Bertz CT molecular complexity index is 642. The average molecular weight is 336 g/mol. The summed E-state index contributed by atoms with van der Waals surface area (Å²) < 4.78 is 43.9. The van der Waals surface area contributed by atoms with Crippen LogP contribution in [0, 0.1) is 5.82 Å². The van der Waals surface area contributed by atoms with Crippen molar-refractivity contribution in [3.05, 3.63) is 39.9 Å². The lowest BCUT2D eigenvalue weighted by molar-refractivity contribution is 0.0646. The third-order valence-electron chi connectivity index (χ3n) is 2.22. The number of carbonyl (C=O) groups is 1. The highest BCUT2D eigenvalue weighted by molar-refractivity contribution is 9.10. The fraction of sp³-hybridized carbons (Fsp3) is 0.0909. The van der Waals surface area contributed by atoms with Gasteiger partial charge in [-0.05, 0) is 18.2 Å². The smallest absolute Gasteiger partial charge is 0.374 e. The molecule has 8 heteroatoms. The van der Waals surface area contributed by atoms with Crippen molar-refractivity contribution < 1.29 is 27.5 Å². The van der Waals surface area contributed by atoms with Crippen molar-refractivity contribution in [2.75, 3.05) is 0 Å². The summed E-state index contributed by atoms with van der Waals surface area (Å²) in [5.41, 5.74) is -1.22. The van der Waals surface area contributed by atoms with Crippen molar-refractivity contribution in [3.8, 4) is 11.5 Å². The molecule has 1 N–H and O–H groups in total. The minimum absolute atomic E-state index is 0.197. The van der Waals surface area contributed by atoms with E-state index in [1.54, 1.807) is 0 Å². The van der Waals surface area contributed by atoms with Gasteiger partial charge in [0.2, 0.25) is 11.7 Å². The first-order valence-corrected chi connectivity index (χ1v) is 5.67. The summed E-state index contributed by atoms with van der Waals surface area (Å²) in [6.45, 7) is 0. The van der Waals surface area contributed by atoms with Crippen molar-refractivity contribution in [2.45, 2.75) is 6.43 Å². The Morgan fingerprint density at radius 3 is 2.58 bits per heavy atom. The number of carboxylic acid groups (broad SMARTS) is 1. The van der Waals surface area contributed by atoms with Gasteiger partial charge in [0.05, 0.1) is 5.56 Å². The number of aromatic carboxylic acids is 1. The maximum atomic E-state index is 13.6. The van der Waals surface area contributed by atoms with Gasteiger partial charge in [-0.1, -0.05) is 15.9 Å². The molecule has 1 heterocycles. The first kappa shape index (κ1) is 13.6. The molecule has 0 bridgehead atoms. The second-order valence-corrected chi connectivity index (χ2v) is 4.38. The van der Waals surface area contributed by atoms with E-state index >= 15 is 0 Å². The van der Waals surface area contributed by atoms with Crippen LogP contribution in [-0.2, 0) is 0 Å². The molecule has 4 nitrogen and oxygen atoms in total. The Labute approximate surface area is 113 Å². The van der Waals surface area contributed by atoms with Crippen LogP contribution in [0.2, 0.25) is 0 Å². The van der Waals surface area contributed by atoms with Crippen LogP contribution < -0.4 is 0 Å². The highest BCUT2D eigenvalue weighted by atomic mass is 79.9. The third-order valence-corrected chi connectivity index (χ3v) is 2.71. The predicted molar refractivity (Wildman–Crippen MR) is 61.5 cm³/mol. The van der Waals surface area contributed by atoms with Gasteiger partial charge in [-0.25, -0.2) is 22.9 Å². The number of benzene rings is 1. The molecule has 0 saturated carbocycles. The van der Waals surface area contributed by atoms with E-state index in [0.29, 0.717) is 4.47 Å². The summed E-state index contributed by atoms with van der Waals surface area (Å²) >= 11 is 3.03. The monoisotopic (exact) mass is 335 g/mol. The van der Waals surface area contributed by atoms with Crippen LogP contribution in [0.1, 0.15) is 22.7 Å². The fourth-order valence-corrected chi connectivity index (χ4v) is 1.74. The number of rotatable bonds is 3. The maximum Gasteiger partial charge on any atom is 0.374 e. The summed E-state index contributed by atoms with van der Waals surface area (Å²) in [5, 5.41) is 8.72. The summed E-state index contributed by atoms with van der Waals surface area (Å²) in [4.78, 5) is 14.1. The minimum Gasteiger partial charge on any atom is -0.475 e. The van der Waals surface area contributed by atoms with E-state index in [4.69, 9.17) is 9.52 Å². The number of nitrogens with zero attached hydrogens (tertiary/aromatic N) is 1. The van der Waals surface area contributed by atoms with Gasteiger partial charge in [-0.2, -0.15) is 0 Å². The van der Waals surface area contributed by atoms with Crippen molar-refractivity contribution in [2.24, 2.45) is 0 Å². The molecule has 0 atom stereocenters. The largest absolute Gasteiger partial charge is 0.475 e. The molecule has 1 aromatic carbocycles. The minimum atomic E-state index is -3.12. The van der Waals surface area contributed by atoms with Crippen LogP contribution in [0.25, 0.3) is 11.5 Å². The van der Waals surface area contributed by atoms with Gasteiger partial charge in [-0.15, -0.1) is 0 Å². The van der Waals surface area contributed by atoms with E-state index in [2.05, 4.69) is 20.9 Å². The molecular formula is C11H5BrF3NO3. The number of aromatic nitrogens is 1. The molecule has 0 unspecified atom stereocenters. The topological polar surface area (TPSA) is 63.3 Å². The van der Waals surface area contributed by atoms with Crippen LogP contribution in [0.3, 0.4) is 0 Å². The lowest BCUT2D eigenvalue weighted by atomic mass is 10.2. The molecular weight excluding hydrogens is 331 g/mol. The van der Waals surface area contributed by atoms with Gasteiger partial charge >= 0.3 is 5.97 Å². The number of hydrogen-bond acceptors (Lipinski definition) is 3. The molecule has 0 saturated heterocycles. The van der Waals surface area contributed by atoms with E-state index in [-0.39, 0.29) is 5.56 Å². The summed E-state index contributed by atoms with van der Waals surface area (Å²) in [6.07, 6.45) is -3.12. The number of carboxylic acids is 1. The maximum absolute atomic E-state index is 13.6. The lowest BCUT2D eigenvalue weighted by Gasteiger charge is -1.98. The zero-order chi connectivity index (χ0) is 14.2. The van der Waals surface area contributed by atoms with Gasteiger partial charge in [0.1, 0.15) is 5.82 Å². The zero-order valence-corrected chi connectivity index (χ0v) is 10.6. The van der Waals surface area contributed by atoms with Crippen LogP contribution >= 0.6 is 15.9 Å². The lowest BCUT2D eigenvalue weighted by Crippen LogP contribution is -1.99. The molecule has 0 fully saturated rings. The quantitative estimate of drug-likeness (QED) is 0.924. The molecule has 100 valence electrons. The molecule has 2 aromatic rings. The Balaban J connectivity index is 2.57. The van der Waals surface area contributed by atoms with E-state index in [9.17, 15) is 18.0 Å². The van der Waals surface area contributed by atoms with E-state index in [1.807, 2.05) is 0 Å². The molecule has 0 spiro atoms.